The summed E-state index contributed by atoms with van der Waals surface area (Å²) in [6, 6.07) is 22.5. The molecule has 4 rings (SSSR count). The quantitative estimate of drug-likeness (QED) is 0.271. The Kier molecular flexibility index (Phi) is 7.97. The van der Waals surface area contributed by atoms with Crippen LogP contribution in [0.2, 0.25) is 0 Å². The van der Waals surface area contributed by atoms with Crippen LogP contribution in [0.5, 0.6) is 5.88 Å². The maximum Gasteiger partial charge on any atom is 0.232 e. The van der Waals surface area contributed by atoms with Gasteiger partial charge in [-0.25, -0.2) is 13.4 Å². The van der Waals surface area contributed by atoms with Gasteiger partial charge in [0.25, 0.3) is 0 Å². The number of hydrogen-bond acceptors (Lipinski definition) is 6. The molecule has 0 aliphatic carbocycles. The summed E-state index contributed by atoms with van der Waals surface area (Å²) in [6.45, 7) is 1.55. The molecule has 37 heavy (non-hydrogen) atoms. The zero-order chi connectivity index (χ0) is 26.6. The summed E-state index contributed by atoms with van der Waals surface area (Å²) >= 11 is 0. The van der Waals surface area contributed by atoms with Crippen LogP contribution in [0.25, 0.3) is 10.9 Å². The fraction of sp³-hybridized carbons (Fsp3) is 0.250. The second kappa shape index (κ2) is 11.2. The average molecular weight is 520 g/mol. The number of fused-ring (bicyclic) bond motifs is 1. The van der Waals surface area contributed by atoms with Crippen LogP contribution in [0.3, 0.4) is 0 Å². The summed E-state index contributed by atoms with van der Waals surface area (Å²) < 4.78 is 26.7. The monoisotopic (exact) mass is 519 g/mol. The minimum Gasteiger partial charge on any atom is -0.494 e. The van der Waals surface area contributed by atoms with E-state index in [1.165, 1.54) is 10.6 Å². The molecule has 194 valence electrons. The molecule has 0 bridgehead atoms. The molecular weight excluding hydrogens is 486 g/mol. The first-order valence-corrected chi connectivity index (χ1v) is 13.9. The number of anilines is 1. The second-order valence-electron chi connectivity index (χ2n) is 9.27. The van der Waals surface area contributed by atoms with Crippen LogP contribution in [-0.2, 0) is 16.6 Å². The maximum absolute atomic E-state index is 12.6. The number of nitrogens with one attached hydrogen (secondary N) is 1. The highest BCUT2D eigenvalue weighted by Gasteiger charge is 2.20. The molecule has 0 atom stereocenters. The number of nitrogens with two attached hydrogens (primary N) is 1. The predicted molar refractivity (Wildman–Crippen MR) is 151 cm³/mol. The smallest absolute Gasteiger partial charge is 0.232 e. The number of aromatic amines is 1. The lowest BCUT2D eigenvalue weighted by molar-refractivity contribution is 0.403. The van der Waals surface area contributed by atoms with Gasteiger partial charge in [0, 0.05) is 29.6 Å². The van der Waals surface area contributed by atoms with Gasteiger partial charge in [-0.3, -0.25) is 4.31 Å². The van der Waals surface area contributed by atoms with Gasteiger partial charge in [0.1, 0.15) is 0 Å². The van der Waals surface area contributed by atoms with Gasteiger partial charge < -0.3 is 20.7 Å². The van der Waals surface area contributed by atoms with Gasteiger partial charge >= 0.3 is 0 Å². The molecule has 0 saturated carbocycles. The van der Waals surface area contributed by atoms with Gasteiger partial charge in [0.2, 0.25) is 10.0 Å². The number of aliphatic imine (C=N–C) groups is 1. The van der Waals surface area contributed by atoms with E-state index in [0.717, 1.165) is 28.6 Å². The Balaban J connectivity index is 1.83. The highest BCUT2D eigenvalue weighted by molar-refractivity contribution is 7.92. The summed E-state index contributed by atoms with van der Waals surface area (Å²) in [5.74, 6) is 0.0143. The number of benzene rings is 3. The predicted octanol–water partition coefficient (Wildman–Crippen LogP) is 4.22. The third-order valence-electron chi connectivity index (χ3n) is 6.11. The molecular formula is C28H33N5O3S. The van der Waals surface area contributed by atoms with Gasteiger partial charge in [-0.1, -0.05) is 48.5 Å². The Morgan fingerprint density at radius 1 is 1.00 bits per heavy atom. The fourth-order valence-electron chi connectivity index (χ4n) is 4.29. The normalized spacial score (nSPS) is 12.4. The zero-order valence-electron chi connectivity index (χ0n) is 21.3. The van der Waals surface area contributed by atoms with Crippen molar-refractivity contribution < 1.29 is 13.5 Å². The number of sulfonamides is 1. The maximum atomic E-state index is 12.6. The van der Waals surface area contributed by atoms with Crippen LogP contribution in [0, 0.1) is 0 Å². The Bertz CT molecular complexity index is 1510. The van der Waals surface area contributed by atoms with E-state index in [9.17, 15) is 13.5 Å². The molecule has 3 aromatic carbocycles. The molecule has 1 aromatic heterocycles. The van der Waals surface area contributed by atoms with Crippen molar-refractivity contribution in [1.29, 1.82) is 0 Å². The van der Waals surface area contributed by atoms with Crippen molar-refractivity contribution >= 4 is 38.0 Å². The van der Waals surface area contributed by atoms with Gasteiger partial charge in [-0.05, 0) is 56.9 Å². The van der Waals surface area contributed by atoms with Crippen molar-refractivity contribution in [2.24, 2.45) is 10.7 Å². The molecule has 0 unspecified atom stereocenters. The van der Waals surface area contributed by atoms with Crippen LogP contribution < -0.4 is 10.0 Å². The van der Waals surface area contributed by atoms with E-state index >= 15 is 0 Å². The molecule has 0 aliphatic rings. The number of aromatic nitrogens is 1. The first-order valence-electron chi connectivity index (χ1n) is 12.1. The Morgan fingerprint density at radius 2 is 1.73 bits per heavy atom. The van der Waals surface area contributed by atoms with Crippen molar-refractivity contribution in [2.45, 2.75) is 13.0 Å². The summed E-state index contributed by atoms with van der Waals surface area (Å²) in [4.78, 5) is 10.0. The molecule has 0 spiro atoms. The number of H-pyrrole nitrogens is 1. The van der Waals surface area contributed by atoms with E-state index in [1.807, 2.05) is 73.6 Å². The Labute approximate surface area is 218 Å². The molecule has 9 heteroatoms. The zero-order valence-corrected chi connectivity index (χ0v) is 22.2. The molecule has 4 aromatic rings. The highest BCUT2D eigenvalue weighted by Crippen LogP contribution is 2.32. The van der Waals surface area contributed by atoms with Crippen LogP contribution in [0.15, 0.2) is 77.8 Å². The van der Waals surface area contributed by atoms with E-state index in [0.29, 0.717) is 42.2 Å². The van der Waals surface area contributed by atoms with Crippen LogP contribution in [-0.4, -0.2) is 62.6 Å². The lowest BCUT2D eigenvalue weighted by Crippen LogP contribution is -2.32. The van der Waals surface area contributed by atoms with Crippen LogP contribution in [0.4, 0.5) is 11.4 Å². The van der Waals surface area contributed by atoms with E-state index in [1.54, 1.807) is 18.2 Å². The summed E-state index contributed by atoms with van der Waals surface area (Å²) in [5, 5.41) is 11.7. The average Bonchev–Trinajstić information content (AvgIpc) is 3.20. The van der Waals surface area contributed by atoms with Crippen molar-refractivity contribution in [3.63, 3.8) is 0 Å². The van der Waals surface area contributed by atoms with E-state index in [4.69, 9.17) is 10.7 Å². The Hall–Kier alpha value is -3.66. The SMILES string of the molecule is CN(C)CCCN(c1cccc(N=C(c2ccc(CN)cc2)c2c(O)[nH]c3ccccc23)c1)S(C)(=O)=O. The molecule has 0 aliphatic heterocycles. The Morgan fingerprint density at radius 3 is 2.41 bits per heavy atom. The molecule has 0 radical (unpaired) electrons. The van der Waals surface area contributed by atoms with Crippen LogP contribution in [0.1, 0.15) is 23.1 Å². The number of rotatable bonds is 10. The summed E-state index contributed by atoms with van der Waals surface area (Å²) in [7, 11) is 0.430. The number of aromatic hydroxyl groups is 1. The van der Waals surface area contributed by atoms with E-state index in [-0.39, 0.29) is 5.88 Å². The first-order chi connectivity index (χ1) is 17.7. The van der Waals surface area contributed by atoms with Crippen molar-refractivity contribution in [2.75, 3.05) is 37.7 Å². The molecule has 0 amide bonds. The van der Waals surface area contributed by atoms with Gasteiger partial charge in [0.15, 0.2) is 5.88 Å². The third kappa shape index (κ3) is 6.19. The molecule has 1 heterocycles. The molecule has 0 fully saturated rings. The lowest BCUT2D eigenvalue weighted by Gasteiger charge is -2.23. The van der Waals surface area contributed by atoms with Crippen molar-refractivity contribution in [3.8, 4) is 5.88 Å². The third-order valence-corrected chi connectivity index (χ3v) is 7.31. The van der Waals surface area contributed by atoms with E-state index in [2.05, 4.69) is 4.98 Å². The molecule has 0 saturated heterocycles. The van der Waals surface area contributed by atoms with E-state index < -0.39 is 10.0 Å². The van der Waals surface area contributed by atoms with Gasteiger partial charge in [0.05, 0.1) is 28.9 Å². The largest absolute Gasteiger partial charge is 0.494 e. The standard InChI is InChI=1S/C28H33N5O3S/c1-32(2)16-7-17-33(37(3,35)36)23-9-6-8-22(18-23)30-27(21-14-12-20(19-29)13-15-21)26-24-10-4-5-11-25(24)31-28(26)34/h4-6,8-15,18,31,34H,7,16-17,19,29H2,1-3H3. The van der Waals surface area contributed by atoms with Gasteiger partial charge in [-0.2, -0.15) is 0 Å². The molecule has 8 nitrogen and oxygen atoms in total. The minimum atomic E-state index is -3.49. The minimum absolute atomic E-state index is 0.0143. The van der Waals surface area contributed by atoms with Crippen LogP contribution >= 0.6 is 0 Å². The van der Waals surface area contributed by atoms with Gasteiger partial charge in [-0.15, -0.1) is 0 Å². The van der Waals surface area contributed by atoms with Crippen molar-refractivity contribution in [1.82, 2.24) is 9.88 Å². The second-order valence-corrected chi connectivity index (χ2v) is 11.2. The fourth-order valence-corrected chi connectivity index (χ4v) is 5.25. The molecule has 4 N–H and O–H groups in total. The summed E-state index contributed by atoms with van der Waals surface area (Å²) in [6.07, 6.45) is 1.91. The number of hydrogen-bond donors (Lipinski definition) is 3. The highest BCUT2D eigenvalue weighted by atomic mass is 32.2. The number of nitrogens with zero attached hydrogens (tertiary/aromatic N) is 3. The topological polar surface area (TPSA) is 115 Å². The number of para-hydroxylation sites is 1. The van der Waals surface area contributed by atoms with Crippen molar-refractivity contribution in [3.05, 3.63) is 89.5 Å². The first kappa shape index (κ1) is 26.4. The lowest BCUT2D eigenvalue weighted by atomic mass is 9.99. The summed E-state index contributed by atoms with van der Waals surface area (Å²) in [5.41, 5.74) is 10.6.